The van der Waals surface area contributed by atoms with Crippen molar-refractivity contribution in [2.24, 2.45) is 5.73 Å². The highest BCUT2D eigenvalue weighted by molar-refractivity contribution is 5.94. The van der Waals surface area contributed by atoms with Gasteiger partial charge in [-0.15, -0.1) is 0 Å². The number of rotatable bonds is 8. The number of benzene rings is 1. The van der Waals surface area contributed by atoms with Crippen LogP contribution in [0.3, 0.4) is 0 Å². The molecule has 0 heterocycles. The Morgan fingerprint density at radius 3 is 2.61 bits per heavy atom. The van der Waals surface area contributed by atoms with Crippen molar-refractivity contribution in [1.29, 1.82) is 5.41 Å². The summed E-state index contributed by atoms with van der Waals surface area (Å²) in [6, 6.07) is 6.90. The molecule has 98 valence electrons. The minimum atomic E-state index is -0.222. The monoisotopic (exact) mass is 250 g/mol. The number of nitrogens with one attached hydrogen (secondary N) is 1. The molecule has 0 aliphatic heterocycles. The van der Waals surface area contributed by atoms with Gasteiger partial charge in [0.2, 0.25) is 0 Å². The molecule has 0 aliphatic carbocycles. The van der Waals surface area contributed by atoms with Gasteiger partial charge < -0.3 is 15.2 Å². The lowest BCUT2D eigenvalue weighted by molar-refractivity contribution is -0.135. The van der Waals surface area contributed by atoms with E-state index in [2.05, 4.69) is 0 Å². The summed E-state index contributed by atoms with van der Waals surface area (Å²) < 4.78 is 10.4. The molecule has 5 nitrogen and oxygen atoms in total. The fourth-order valence-corrected chi connectivity index (χ4v) is 1.51. The van der Waals surface area contributed by atoms with E-state index in [0.29, 0.717) is 24.4 Å². The van der Waals surface area contributed by atoms with E-state index in [1.165, 1.54) is 0 Å². The van der Waals surface area contributed by atoms with Crippen LogP contribution < -0.4 is 10.5 Å². The highest BCUT2D eigenvalue weighted by Gasteiger charge is 2.09. The minimum absolute atomic E-state index is 0.0229. The lowest BCUT2D eigenvalue weighted by Gasteiger charge is -2.15. The summed E-state index contributed by atoms with van der Waals surface area (Å²) in [5.41, 5.74) is 6.00. The fourth-order valence-electron chi connectivity index (χ4n) is 1.51. The molecule has 1 aromatic carbocycles. The molecule has 0 bridgehead atoms. The van der Waals surface area contributed by atoms with Crippen molar-refractivity contribution in [3.05, 3.63) is 29.8 Å². The first-order valence-corrected chi connectivity index (χ1v) is 5.83. The molecule has 0 aliphatic rings. The Kier molecular flexibility index (Phi) is 5.70. The van der Waals surface area contributed by atoms with Crippen molar-refractivity contribution in [3.63, 3.8) is 0 Å². The van der Waals surface area contributed by atoms with Gasteiger partial charge in [-0.3, -0.25) is 10.2 Å². The van der Waals surface area contributed by atoms with Gasteiger partial charge in [-0.1, -0.05) is 13.3 Å². The molecular weight excluding hydrogens is 232 g/mol. The van der Waals surface area contributed by atoms with Gasteiger partial charge in [0.15, 0.2) is 0 Å². The lowest BCUT2D eigenvalue weighted by Crippen LogP contribution is -2.21. The molecule has 0 radical (unpaired) electrons. The van der Waals surface area contributed by atoms with Gasteiger partial charge in [0, 0.05) is 5.56 Å². The summed E-state index contributed by atoms with van der Waals surface area (Å²) in [6.07, 6.45) is 1.47. The fraction of sp³-hybridized carbons (Fsp3) is 0.385. The zero-order valence-corrected chi connectivity index (χ0v) is 10.4. The van der Waals surface area contributed by atoms with Crippen LogP contribution in [0.2, 0.25) is 0 Å². The van der Waals surface area contributed by atoms with Gasteiger partial charge in [-0.05, 0) is 30.7 Å². The Morgan fingerprint density at radius 2 is 2.11 bits per heavy atom. The molecular formula is C13H18N2O3. The molecule has 5 heteroatoms. The average molecular weight is 250 g/mol. The standard InChI is InChI=1S/C13H18N2O3/c1-2-3-12(18-9-16)8-17-11-6-4-10(5-7-11)13(14)15/h4-7,9,12H,2-3,8H2,1H3,(H3,14,15). The Balaban J connectivity index is 2.51. The van der Waals surface area contributed by atoms with Gasteiger partial charge in [0.25, 0.3) is 6.47 Å². The van der Waals surface area contributed by atoms with Gasteiger partial charge in [-0.2, -0.15) is 0 Å². The first-order chi connectivity index (χ1) is 8.67. The second kappa shape index (κ2) is 7.32. The van der Waals surface area contributed by atoms with Gasteiger partial charge in [0.05, 0.1) is 0 Å². The van der Waals surface area contributed by atoms with E-state index < -0.39 is 0 Å². The quantitative estimate of drug-likeness (QED) is 0.417. The predicted molar refractivity (Wildman–Crippen MR) is 68.8 cm³/mol. The Bertz CT molecular complexity index is 390. The van der Waals surface area contributed by atoms with Crippen LogP contribution >= 0.6 is 0 Å². The second-order valence-electron chi connectivity index (χ2n) is 3.89. The summed E-state index contributed by atoms with van der Waals surface area (Å²) in [7, 11) is 0. The molecule has 0 saturated heterocycles. The van der Waals surface area contributed by atoms with Crippen LogP contribution in [0.1, 0.15) is 25.3 Å². The van der Waals surface area contributed by atoms with Crippen molar-refractivity contribution in [2.45, 2.75) is 25.9 Å². The number of carbonyl (C=O) groups is 1. The van der Waals surface area contributed by atoms with Crippen LogP contribution in [-0.2, 0) is 9.53 Å². The number of amidine groups is 1. The summed E-state index contributed by atoms with van der Waals surface area (Å²) in [5.74, 6) is 0.685. The van der Waals surface area contributed by atoms with Crippen molar-refractivity contribution >= 4 is 12.3 Å². The van der Waals surface area contributed by atoms with E-state index in [-0.39, 0.29) is 11.9 Å². The van der Waals surface area contributed by atoms with Crippen molar-refractivity contribution in [2.75, 3.05) is 6.61 Å². The third kappa shape index (κ3) is 4.45. The smallest absolute Gasteiger partial charge is 0.293 e. The van der Waals surface area contributed by atoms with Crippen LogP contribution in [0.25, 0.3) is 0 Å². The summed E-state index contributed by atoms with van der Waals surface area (Å²) >= 11 is 0. The molecule has 1 atom stereocenters. The molecule has 0 amide bonds. The number of nitrogen functional groups attached to an aromatic ring is 1. The highest BCUT2D eigenvalue weighted by atomic mass is 16.6. The van der Waals surface area contributed by atoms with Gasteiger partial charge in [0.1, 0.15) is 24.3 Å². The maximum absolute atomic E-state index is 10.3. The predicted octanol–water partition coefficient (Wildman–Crippen LogP) is 1.69. The number of ether oxygens (including phenoxy) is 2. The maximum Gasteiger partial charge on any atom is 0.293 e. The molecule has 1 aromatic rings. The lowest BCUT2D eigenvalue weighted by atomic mass is 10.2. The molecule has 0 spiro atoms. The Labute approximate surface area is 106 Å². The number of hydrogen-bond acceptors (Lipinski definition) is 4. The van der Waals surface area contributed by atoms with Crippen LogP contribution in [0, 0.1) is 5.41 Å². The van der Waals surface area contributed by atoms with E-state index in [4.69, 9.17) is 20.6 Å². The van der Waals surface area contributed by atoms with E-state index in [1.54, 1.807) is 24.3 Å². The minimum Gasteiger partial charge on any atom is -0.490 e. The SMILES string of the molecule is CCCC(COc1ccc(C(=N)N)cc1)OC=O. The van der Waals surface area contributed by atoms with Crippen LogP contribution in [0.15, 0.2) is 24.3 Å². The first-order valence-electron chi connectivity index (χ1n) is 5.83. The van der Waals surface area contributed by atoms with Crippen LogP contribution in [0.4, 0.5) is 0 Å². The molecule has 1 unspecified atom stereocenters. The van der Waals surface area contributed by atoms with Crippen LogP contribution in [0.5, 0.6) is 5.75 Å². The number of hydrogen-bond donors (Lipinski definition) is 2. The summed E-state index contributed by atoms with van der Waals surface area (Å²) in [4.78, 5) is 10.3. The second-order valence-corrected chi connectivity index (χ2v) is 3.89. The summed E-state index contributed by atoms with van der Waals surface area (Å²) in [6.45, 7) is 2.79. The van der Waals surface area contributed by atoms with Crippen molar-refractivity contribution in [1.82, 2.24) is 0 Å². The average Bonchev–Trinajstić information content (AvgIpc) is 2.37. The van der Waals surface area contributed by atoms with E-state index in [9.17, 15) is 4.79 Å². The molecule has 3 N–H and O–H groups in total. The highest BCUT2D eigenvalue weighted by Crippen LogP contribution is 2.13. The summed E-state index contributed by atoms with van der Waals surface area (Å²) in [5, 5.41) is 7.26. The van der Waals surface area contributed by atoms with Crippen LogP contribution in [-0.4, -0.2) is 25.0 Å². The molecule has 18 heavy (non-hydrogen) atoms. The molecule has 0 saturated carbocycles. The maximum atomic E-state index is 10.3. The van der Waals surface area contributed by atoms with E-state index in [0.717, 1.165) is 12.8 Å². The van der Waals surface area contributed by atoms with Gasteiger partial charge >= 0.3 is 0 Å². The number of carbonyl (C=O) groups excluding carboxylic acids is 1. The molecule has 1 rings (SSSR count). The Hall–Kier alpha value is -2.04. The normalized spacial score (nSPS) is 11.6. The van der Waals surface area contributed by atoms with E-state index >= 15 is 0 Å². The topological polar surface area (TPSA) is 85.4 Å². The zero-order valence-electron chi connectivity index (χ0n) is 10.4. The van der Waals surface area contributed by atoms with Crippen molar-refractivity contribution in [3.8, 4) is 5.75 Å². The number of nitrogens with two attached hydrogens (primary N) is 1. The third-order valence-electron chi connectivity index (χ3n) is 2.46. The Morgan fingerprint density at radius 1 is 1.44 bits per heavy atom. The van der Waals surface area contributed by atoms with Crippen molar-refractivity contribution < 1.29 is 14.3 Å². The first kappa shape index (κ1) is 14.0. The van der Waals surface area contributed by atoms with E-state index in [1.807, 2.05) is 6.92 Å². The largest absolute Gasteiger partial charge is 0.490 e. The molecule has 0 fully saturated rings. The molecule has 0 aromatic heterocycles. The van der Waals surface area contributed by atoms with Gasteiger partial charge in [-0.25, -0.2) is 0 Å². The third-order valence-corrected chi connectivity index (χ3v) is 2.46. The zero-order chi connectivity index (χ0) is 13.4.